The van der Waals surface area contributed by atoms with Gasteiger partial charge in [0.2, 0.25) is 0 Å². The lowest BCUT2D eigenvalue weighted by Crippen LogP contribution is -2.40. The van der Waals surface area contributed by atoms with Crippen LogP contribution in [0.15, 0.2) is 48.5 Å². The van der Waals surface area contributed by atoms with Crippen LogP contribution in [0.4, 0.5) is 13.2 Å². The van der Waals surface area contributed by atoms with Gasteiger partial charge in [0.05, 0.1) is 13.7 Å². The van der Waals surface area contributed by atoms with Crippen LogP contribution in [0.5, 0.6) is 5.75 Å². The van der Waals surface area contributed by atoms with Crippen LogP contribution in [0.3, 0.4) is 0 Å². The Kier molecular flexibility index (Phi) is 5.49. The second-order valence-corrected chi connectivity index (χ2v) is 8.06. The third kappa shape index (κ3) is 4.17. The summed E-state index contributed by atoms with van der Waals surface area (Å²) in [6.07, 6.45) is -2.34. The molecule has 2 fully saturated rings. The fourth-order valence-electron chi connectivity index (χ4n) is 4.53. The van der Waals surface area contributed by atoms with Gasteiger partial charge in [-0.2, -0.15) is 13.2 Å². The second kappa shape index (κ2) is 7.95. The zero-order valence-corrected chi connectivity index (χ0v) is 16.7. The molecular formula is C23H24F3NO3. The molecule has 160 valence electrons. The number of carbonyl (C=O) groups excluding carboxylic acids is 1. The molecule has 30 heavy (non-hydrogen) atoms. The van der Waals surface area contributed by atoms with E-state index in [1.165, 1.54) is 12.7 Å². The maximum absolute atomic E-state index is 13.0. The first-order valence-electron chi connectivity index (χ1n) is 9.98. The normalized spacial score (nSPS) is 23.1. The number of ether oxygens (including phenoxy) is 2. The van der Waals surface area contributed by atoms with E-state index in [1.807, 2.05) is 11.0 Å². The van der Waals surface area contributed by atoms with E-state index in [0.29, 0.717) is 35.9 Å². The van der Waals surface area contributed by atoms with Gasteiger partial charge in [0.1, 0.15) is 12.4 Å². The summed E-state index contributed by atoms with van der Waals surface area (Å²) in [5.74, 6) is 0.740. The molecule has 1 aliphatic carbocycles. The lowest BCUT2D eigenvalue weighted by Gasteiger charge is -2.32. The first-order valence-corrected chi connectivity index (χ1v) is 9.98. The molecule has 1 saturated heterocycles. The first-order chi connectivity index (χ1) is 14.3. The largest absolute Gasteiger partial charge is 0.496 e. The third-order valence-electron chi connectivity index (χ3n) is 6.19. The van der Waals surface area contributed by atoms with Crippen molar-refractivity contribution in [2.24, 2.45) is 5.92 Å². The van der Waals surface area contributed by atoms with Crippen molar-refractivity contribution in [3.8, 4) is 5.75 Å². The Morgan fingerprint density at radius 2 is 1.97 bits per heavy atom. The zero-order valence-electron chi connectivity index (χ0n) is 16.7. The molecule has 4 nitrogen and oxygen atoms in total. The van der Waals surface area contributed by atoms with Crippen molar-refractivity contribution in [3.63, 3.8) is 0 Å². The van der Waals surface area contributed by atoms with E-state index in [9.17, 15) is 18.0 Å². The van der Waals surface area contributed by atoms with Gasteiger partial charge < -0.3 is 14.4 Å². The number of likely N-dealkylation sites (tertiary alicyclic amines) is 1. The molecule has 0 spiro atoms. The first kappa shape index (κ1) is 20.7. The number of methoxy groups -OCH3 is 1. The number of carbonyl (C=O) groups is 1. The van der Waals surface area contributed by atoms with Crippen LogP contribution < -0.4 is 4.74 Å². The fraction of sp³-hybridized carbons (Fsp3) is 0.435. The lowest BCUT2D eigenvalue weighted by molar-refractivity contribution is -0.176. The van der Waals surface area contributed by atoms with Gasteiger partial charge in [0.15, 0.2) is 0 Å². The van der Waals surface area contributed by atoms with Crippen LogP contribution in [-0.2, 0) is 16.8 Å². The minimum Gasteiger partial charge on any atom is -0.496 e. The number of piperidine rings is 1. The van der Waals surface area contributed by atoms with Gasteiger partial charge in [0, 0.05) is 29.6 Å². The molecule has 2 atom stereocenters. The number of fused-ring (bicyclic) bond motifs is 1. The number of rotatable bonds is 6. The lowest BCUT2D eigenvalue weighted by atomic mass is 9.87. The van der Waals surface area contributed by atoms with Gasteiger partial charge in [-0.1, -0.05) is 36.4 Å². The monoisotopic (exact) mass is 419 g/mol. The summed E-state index contributed by atoms with van der Waals surface area (Å²) in [5, 5.41) is 0. The average molecular weight is 419 g/mol. The zero-order chi connectivity index (χ0) is 21.4. The van der Waals surface area contributed by atoms with E-state index in [1.54, 1.807) is 18.2 Å². The molecule has 2 aromatic rings. The molecule has 0 N–H and O–H groups in total. The highest BCUT2D eigenvalue weighted by Crippen LogP contribution is 2.59. The van der Waals surface area contributed by atoms with Gasteiger partial charge in [0.25, 0.3) is 5.91 Å². The highest BCUT2D eigenvalue weighted by atomic mass is 19.4. The number of hydrogen-bond donors (Lipinski definition) is 0. The SMILES string of the molecule is COc1cc(C(=O)N2CCC3(c4ccccc4)CC3C2)ccc1COCC(F)(F)F. The maximum Gasteiger partial charge on any atom is 0.411 e. The molecule has 1 aliphatic heterocycles. The Morgan fingerprint density at radius 3 is 2.63 bits per heavy atom. The van der Waals surface area contributed by atoms with Crippen LogP contribution >= 0.6 is 0 Å². The number of hydrogen-bond acceptors (Lipinski definition) is 3. The Balaban J connectivity index is 1.41. The van der Waals surface area contributed by atoms with Crippen molar-refractivity contribution >= 4 is 5.91 Å². The molecule has 4 rings (SSSR count). The van der Waals surface area contributed by atoms with Crippen LogP contribution in [0.25, 0.3) is 0 Å². The number of benzene rings is 2. The molecule has 7 heteroatoms. The van der Waals surface area contributed by atoms with Crippen molar-refractivity contribution in [1.82, 2.24) is 4.90 Å². The van der Waals surface area contributed by atoms with Crippen molar-refractivity contribution in [2.45, 2.75) is 31.0 Å². The minimum absolute atomic E-state index is 0.0791. The predicted octanol–water partition coefficient (Wildman–Crippen LogP) is 4.58. The van der Waals surface area contributed by atoms with E-state index < -0.39 is 12.8 Å². The summed E-state index contributed by atoms with van der Waals surface area (Å²) in [6, 6.07) is 15.3. The molecule has 1 heterocycles. The summed E-state index contributed by atoms with van der Waals surface area (Å²) in [7, 11) is 1.43. The van der Waals surface area contributed by atoms with E-state index in [0.717, 1.165) is 12.8 Å². The summed E-state index contributed by atoms with van der Waals surface area (Å²) in [6.45, 7) is -0.160. The van der Waals surface area contributed by atoms with Crippen molar-refractivity contribution in [3.05, 3.63) is 65.2 Å². The fourth-order valence-corrected chi connectivity index (χ4v) is 4.53. The summed E-state index contributed by atoms with van der Waals surface area (Å²) in [4.78, 5) is 14.9. The topological polar surface area (TPSA) is 38.8 Å². The number of amides is 1. The highest BCUT2D eigenvalue weighted by molar-refractivity contribution is 5.95. The molecule has 2 aliphatic rings. The van der Waals surface area contributed by atoms with Crippen molar-refractivity contribution < 1.29 is 27.4 Å². The van der Waals surface area contributed by atoms with Crippen LogP contribution in [0.2, 0.25) is 0 Å². The van der Waals surface area contributed by atoms with Gasteiger partial charge in [-0.15, -0.1) is 0 Å². The summed E-state index contributed by atoms with van der Waals surface area (Å²) < 4.78 is 46.8. The standard InChI is InChI=1S/C23H24F3NO3/c1-29-20-11-16(7-8-17(20)14-30-15-23(24,25)26)21(28)27-10-9-22(12-19(22)13-27)18-5-3-2-4-6-18/h2-8,11,19H,9-10,12-15H2,1H3. The quantitative estimate of drug-likeness (QED) is 0.688. The Morgan fingerprint density at radius 1 is 1.20 bits per heavy atom. The highest BCUT2D eigenvalue weighted by Gasteiger charge is 2.57. The van der Waals surface area contributed by atoms with E-state index in [2.05, 4.69) is 24.3 Å². The van der Waals surface area contributed by atoms with Gasteiger partial charge in [-0.3, -0.25) is 4.79 Å². The molecule has 0 radical (unpaired) electrons. The van der Waals surface area contributed by atoms with E-state index in [-0.39, 0.29) is 17.9 Å². The van der Waals surface area contributed by atoms with Crippen LogP contribution in [0, 0.1) is 5.92 Å². The predicted molar refractivity (Wildman–Crippen MR) is 105 cm³/mol. The van der Waals surface area contributed by atoms with Gasteiger partial charge in [-0.05, 0) is 36.5 Å². The molecule has 2 unspecified atom stereocenters. The maximum atomic E-state index is 13.0. The van der Waals surface area contributed by atoms with Gasteiger partial charge in [-0.25, -0.2) is 0 Å². The Labute approximate surface area is 173 Å². The molecule has 0 bridgehead atoms. The average Bonchev–Trinajstić information content (AvgIpc) is 3.48. The summed E-state index contributed by atoms with van der Waals surface area (Å²) in [5.41, 5.74) is 2.50. The Hall–Kier alpha value is -2.54. The minimum atomic E-state index is -4.38. The van der Waals surface area contributed by atoms with Crippen molar-refractivity contribution in [1.29, 1.82) is 0 Å². The van der Waals surface area contributed by atoms with Crippen LogP contribution in [0.1, 0.15) is 34.3 Å². The summed E-state index contributed by atoms with van der Waals surface area (Å²) >= 11 is 0. The number of alkyl halides is 3. The molecular weight excluding hydrogens is 395 g/mol. The van der Waals surface area contributed by atoms with Crippen LogP contribution in [-0.4, -0.2) is 43.8 Å². The molecule has 0 aromatic heterocycles. The Bertz CT molecular complexity index is 916. The molecule has 2 aromatic carbocycles. The smallest absolute Gasteiger partial charge is 0.411 e. The number of halogens is 3. The second-order valence-electron chi connectivity index (χ2n) is 8.06. The molecule has 1 saturated carbocycles. The van der Waals surface area contributed by atoms with Crippen molar-refractivity contribution in [2.75, 3.05) is 26.8 Å². The van der Waals surface area contributed by atoms with Gasteiger partial charge >= 0.3 is 6.18 Å². The van der Waals surface area contributed by atoms with E-state index >= 15 is 0 Å². The number of nitrogens with zero attached hydrogens (tertiary/aromatic N) is 1. The molecule has 1 amide bonds. The third-order valence-corrected chi connectivity index (χ3v) is 6.19. The van der Waals surface area contributed by atoms with E-state index in [4.69, 9.17) is 9.47 Å².